The summed E-state index contributed by atoms with van der Waals surface area (Å²) in [7, 11) is 0. The Hall–Kier alpha value is -5.49. The number of nitriles is 2. The van der Waals surface area contributed by atoms with E-state index in [-0.39, 0.29) is 45.6 Å². The molecule has 0 aliphatic carbocycles. The van der Waals surface area contributed by atoms with Crippen LogP contribution in [0.5, 0.6) is 0 Å². The second kappa shape index (κ2) is 11.8. The number of tetrazole rings is 1. The van der Waals surface area contributed by atoms with Gasteiger partial charge in [-0.2, -0.15) is 42.4 Å². The zero-order valence-electron chi connectivity index (χ0n) is 21.5. The molecule has 3 aromatic heterocycles. The Kier molecular flexibility index (Phi) is 8.35. The number of pyridine rings is 1. The van der Waals surface area contributed by atoms with Crippen LogP contribution in [0.4, 0.5) is 27.6 Å². The minimum Gasteiger partial charge on any atom is -0.339 e. The number of hydrogen-bond acceptors (Lipinski definition) is 9. The lowest BCUT2D eigenvalue weighted by atomic mass is 10.0. The molecule has 0 atom stereocenters. The predicted octanol–water partition coefficient (Wildman–Crippen LogP) is 3.30. The fourth-order valence-corrected chi connectivity index (χ4v) is 3.86. The topological polar surface area (TPSA) is 180 Å². The summed E-state index contributed by atoms with van der Waals surface area (Å²) < 4.78 is 66.4. The number of amides is 2. The van der Waals surface area contributed by atoms with E-state index >= 15 is 0 Å². The minimum atomic E-state index is -5.96. The van der Waals surface area contributed by atoms with Crippen molar-refractivity contribution >= 4 is 29.1 Å². The third kappa shape index (κ3) is 6.23. The monoisotopic (exact) mass is 619 g/mol. The first-order valence-electron chi connectivity index (χ1n) is 11.7. The lowest BCUT2D eigenvalue weighted by Crippen LogP contribution is -2.35. The molecule has 3 heterocycles. The van der Waals surface area contributed by atoms with Gasteiger partial charge in [0.2, 0.25) is 0 Å². The highest BCUT2D eigenvalue weighted by atomic mass is 35.5. The number of aromatic nitrogens is 7. The van der Waals surface area contributed by atoms with Gasteiger partial charge in [-0.1, -0.05) is 11.6 Å². The smallest absolute Gasteiger partial charge is 0.339 e. The number of halogens is 6. The predicted molar refractivity (Wildman–Crippen MR) is 135 cm³/mol. The van der Waals surface area contributed by atoms with Gasteiger partial charge in [-0.3, -0.25) is 9.59 Å². The van der Waals surface area contributed by atoms with E-state index in [4.69, 9.17) is 16.9 Å². The fourth-order valence-electron chi connectivity index (χ4n) is 3.66. The highest BCUT2D eigenvalue weighted by Crippen LogP contribution is 2.41. The fraction of sp³-hybridized carbons (Fsp3) is 0.208. The van der Waals surface area contributed by atoms with E-state index in [1.165, 1.54) is 37.4 Å². The average molecular weight is 620 g/mol. The van der Waals surface area contributed by atoms with Crippen LogP contribution < -0.4 is 10.6 Å². The van der Waals surface area contributed by atoms with Crippen LogP contribution in [0.1, 0.15) is 43.5 Å². The minimum absolute atomic E-state index is 0.0159. The van der Waals surface area contributed by atoms with Crippen LogP contribution in [-0.4, -0.2) is 59.5 Å². The third-order valence-corrected chi connectivity index (χ3v) is 5.90. The van der Waals surface area contributed by atoms with Crippen LogP contribution >= 0.6 is 11.6 Å². The van der Waals surface area contributed by atoms with Crippen molar-refractivity contribution < 1.29 is 31.5 Å². The maximum Gasteiger partial charge on any atom is 0.461 e. The average Bonchev–Trinajstić information content (AvgIpc) is 3.60. The molecule has 220 valence electrons. The largest absolute Gasteiger partial charge is 0.461 e. The van der Waals surface area contributed by atoms with Crippen molar-refractivity contribution in [3.8, 4) is 18.0 Å². The van der Waals surface area contributed by atoms with E-state index in [1.807, 2.05) is 6.07 Å². The van der Waals surface area contributed by atoms with Crippen molar-refractivity contribution in [2.75, 3.05) is 11.9 Å². The van der Waals surface area contributed by atoms with Gasteiger partial charge in [-0.05, 0) is 48.0 Å². The van der Waals surface area contributed by atoms with E-state index in [2.05, 4.69) is 36.1 Å². The molecule has 0 saturated carbocycles. The Morgan fingerprint density at radius 2 is 1.84 bits per heavy atom. The standard InChI is InChI=1S/C24H15ClF5N11O2/c1-12-7-13(10-32)8-15(20(42)34-6-4-31)18(12)35-21(43)17-9-14(37-41(17)19-16(25)3-2-5-33-19)11-40-38-22(36-39-40)23(26,27)24(28,29)30/h2-3,5,7-9H,6,11H2,1H3,(H,34,42)(H,35,43). The molecule has 4 aromatic rings. The third-order valence-electron chi connectivity index (χ3n) is 5.60. The molecule has 0 aliphatic heterocycles. The van der Waals surface area contributed by atoms with Crippen LogP contribution in [0.2, 0.25) is 5.02 Å². The number of benzene rings is 1. The van der Waals surface area contributed by atoms with Crippen molar-refractivity contribution in [2.24, 2.45) is 0 Å². The van der Waals surface area contributed by atoms with Crippen LogP contribution in [0, 0.1) is 29.6 Å². The highest BCUT2D eigenvalue weighted by Gasteiger charge is 2.62. The first-order chi connectivity index (χ1) is 20.3. The molecule has 2 amide bonds. The Morgan fingerprint density at radius 3 is 2.49 bits per heavy atom. The quantitative estimate of drug-likeness (QED) is 0.221. The van der Waals surface area contributed by atoms with Crippen LogP contribution in [0.25, 0.3) is 5.82 Å². The molecule has 0 radical (unpaired) electrons. The molecule has 0 spiro atoms. The molecule has 0 aliphatic rings. The van der Waals surface area contributed by atoms with Gasteiger partial charge in [0.1, 0.15) is 18.8 Å². The number of nitrogens with zero attached hydrogens (tertiary/aromatic N) is 9. The summed E-state index contributed by atoms with van der Waals surface area (Å²) in [5, 5.41) is 36.4. The Bertz CT molecular complexity index is 1800. The number of anilines is 1. The zero-order chi connectivity index (χ0) is 31.5. The Labute approximate surface area is 242 Å². The van der Waals surface area contributed by atoms with E-state index in [0.717, 1.165) is 10.7 Å². The highest BCUT2D eigenvalue weighted by molar-refractivity contribution is 6.32. The van der Waals surface area contributed by atoms with Gasteiger partial charge in [0, 0.05) is 6.20 Å². The molecule has 4 rings (SSSR count). The van der Waals surface area contributed by atoms with E-state index in [1.54, 1.807) is 6.07 Å². The number of hydrogen-bond donors (Lipinski definition) is 2. The van der Waals surface area contributed by atoms with Crippen LogP contribution in [0.3, 0.4) is 0 Å². The lowest BCUT2D eigenvalue weighted by molar-refractivity contribution is -0.292. The number of aryl methyl sites for hydroxylation is 1. The molecule has 2 N–H and O–H groups in total. The zero-order valence-corrected chi connectivity index (χ0v) is 22.2. The SMILES string of the molecule is Cc1cc(C#N)cc(C(=O)NCC#N)c1NC(=O)c1cc(Cn2nnc(C(F)(F)C(F)(F)F)n2)nn1-c1ncccc1Cl. The number of nitrogens with one attached hydrogen (secondary N) is 2. The first kappa shape index (κ1) is 30.5. The van der Waals surface area contributed by atoms with Crippen molar-refractivity contribution in [2.45, 2.75) is 25.6 Å². The number of rotatable bonds is 8. The van der Waals surface area contributed by atoms with Gasteiger partial charge in [0.15, 0.2) is 5.82 Å². The van der Waals surface area contributed by atoms with Gasteiger partial charge in [-0.15, -0.1) is 10.2 Å². The molecule has 43 heavy (non-hydrogen) atoms. The van der Waals surface area contributed by atoms with Crippen molar-refractivity contribution in [3.05, 3.63) is 75.5 Å². The molecule has 13 nitrogen and oxygen atoms in total. The number of carbonyl (C=O) groups excluding carboxylic acids is 2. The molecule has 0 unspecified atom stereocenters. The summed E-state index contributed by atoms with van der Waals surface area (Å²) in [5.74, 6) is -8.96. The van der Waals surface area contributed by atoms with Crippen molar-refractivity contribution in [1.29, 1.82) is 10.5 Å². The molecule has 0 saturated heterocycles. The van der Waals surface area contributed by atoms with Crippen LogP contribution in [-0.2, 0) is 12.5 Å². The molecule has 1 aromatic carbocycles. The van der Waals surface area contributed by atoms with Crippen molar-refractivity contribution in [3.63, 3.8) is 0 Å². The summed E-state index contributed by atoms with van der Waals surface area (Å²) in [4.78, 5) is 30.8. The maximum atomic E-state index is 13.6. The van der Waals surface area contributed by atoms with Crippen molar-refractivity contribution in [1.82, 2.24) is 40.3 Å². The Morgan fingerprint density at radius 1 is 1.09 bits per heavy atom. The van der Waals surface area contributed by atoms with E-state index < -0.39 is 36.3 Å². The summed E-state index contributed by atoms with van der Waals surface area (Å²) in [6.07, 6.45) is -4.63. The molecule has 19 heteroatoms. The molecular weight excluding hydrogens is 605 g/mol. The normalized spacial score (nSPS) is 11.5. The maximum absolute atomic E-state index is 13.6. The van der Waals surface area contributed by atoms with Crippen LogP contribution in [0.15, 0.2) is 36.5 Å². The van der Waals surface area contributed by atoms with Gasteiger partial charge < -0.3 is 10.6 Å². The summed E-state index contributed by atoms with van der Waals surface area (Å²) in [6.45, 7) is 0.556. The van der Waals surface area contributed by atoms with Gasteiger partial charge in [-0.25, -0.2) is 9.67 Å². The molecular formula is C24H15ClF5N11O2. The summed E-state index contributed by atoms with van der Waals surface area (Å²) >= 11 is 6.24. The second-order valence-electron chi connectivity index (χ2n) is 8.58. The lowest BCUT2D eigenvalue weighted by Gasteiger charge is -2.15. The number of carbonyl (C=O) groups is 2. The first-order valence-corrected chi connectivity index (χ1v) is 12.1. The second-order valence-corrected chi connectivity index (χ2v) is 8.99. The van der Waals surface area contributed by atoms with Gasteiger partial charge in [0.25, 0.3) is 17.6 Å². The molecule has 0 bridgehead atoms. The van der Waals surface area contributed by atoms with Gasteiger partial charge in [0.05, 0.1) is 39.7 Å². The summed E-state index contributed by atoms with van der Waals surface area (Å²) in [6, 6.07) is 10.3. The summed E-state index contributed by atoms with van der Waals surface area (Å²) in [5.41, 5.74) is -0.105. The number of alkyl halides is 5. The van der Waals surface area contributed by atoms with Gasteiger partial charge >= 0.3 is 12.1 Å². The van der Waals surface area contributed by atoms with E-state index in [0.29, 0.717) is 10.4 Å². The Balaban J connectivity index is 1.74. The molecule has 0 fully saturated rings. The van der Waals surface area contributed by atoms with E-state index in [9.17, 15) is 36.8 Å².